The highest BCUT2D eigenvalue weighted by Crippen LogP contribution is 2.34. The van der Waals surface area contributed by atoms with Gasteiger partial charge in [0.1, 0.15) is 17.3 Å². The first-order chi connectivity index (χ1) is 18.1. The van der Waals surface area contributed by atoms with Gasteiger partial charge >= 0.3 is 0 Å². The molecule has 0 N–H and O–H groups in total. The molecule has 2 aromatic carbocycles. The monoisotopic (exact) mass is 515 g/mol. The summed E-state index contributed by atoms with van der Waals surface area (Å²) in [6.45, 7) is 3.05. The van der Waals surface area contributed by atoms with Gasteiger partial charge in [-0.05, 0) is 54.4 Å². The van der Waals surface area contributed by atoms with Crippen LogP contribution in [0, 0.1) is 0 Å². The Hall–Kier alpha value is -4.04. The second kappa shape index (κ2) is 10.9. The van der Waals surface area contributed by atoms with Crippen molar-refractivity contribution < 1.29 is 18.7 Å². The molecule has 0 aliphatic rings. The largest absolute Gasteiger partial charge is 0.497 e. The van der Waals surface area contributed by atoms with E-state index in [0.717, 1.165) is 45.6 Å². The van der Waals surface area contributed by atoms with Crippen molar-refractivity contribution >= 4 is 22.2 Å². The van der Waals surface area contributed by atoms with Crippen molar-refractivity contribution in [2.24, 2.45) is 0 Å². The maximum atomic E-state index is 13.5. The second-order valence-corrected chi connectivity index (χ2v) is 9.52. The fraction of sp³-hybridized carbons (Fsp3) is 0.241. The van der Waals surface area contributed by atoms with Crippen LogP contribution in [-0.2, 0) is 19.4 Å². The fourth-order valence-electron chi connectivity index (χ4n) is 4.31. The smallest absolute Gasteiger partial charge is 0.254 e. The minimum absolute atomic E-state index is 0.0158. The fourth-order valence-corrected chi connectivity index (χ4v) is 5.22. The number of nitrogens with zero attached hydrogens (tertiary/aromatic N) is 3. The van der Waals surface area contributed by atoms with Gasteiger partial charge in [-0.15, -0.1) is 11.3 Å². The summed E-state index contributed by atoms with van der Waals surface area (Å²) in [4.78, 5) is 21.0. The van der Waals surface area contributed by atoms with E-state index in [9.17, 15) is 4.79 Å². The van der Waals surface area contributed by atoms with Crippen LogP contribution in [-0.4, -0.2) is 41.0 Å². The molecule has 0 bridgehead atoms. The molecule has 5 aromatic rings. The normalized spacial score (nSPS) is 11.1. The van der Waals surface area contributed by atoms with Gasteiger partial charge in [0.05, 0.1) is 32.7 Å². The van der Waals surface area contributed by atoms with Crippen molar-refractivity contribution in [2.75, 3.05) is 20.8 Å². The van der Waals surface area contributed by atoms with Crippen molar-refractivity contribution in [3.8, 4) is 22.8 Å². The predicted molar refractivity (Wildman–Crippen MR) is 145 cm³/mol. The van der Waals surface area contributed by atoms with Crippen molar-refractivity contribution in [1.82, 2.24) is 14.3 Å². The third-order valence-corrected chi connectivity index (χ3v) is 7.32. The van der Waals surface area contributed by atoms with Gasteiger partial charge in [0.2, 0.25) is 0 Å². The van der Waals surface area contributed by atoms with E-state index in [2.05, 4.69) is 16.7 Å². The molecule has 0 aliphatic carbocycles. The second-order valence-electron chi connectivity index (χ2n) is 8.68. The lowest BCUT2D eigenvalue weighted by atomic mass is 10.1. The standard InChI is InChI=1S/C29H29N3O4S/c1-4-20-7-9-21(10-8-20)28(33)31(17-24-6-5-15-36-24)14-13-22-19-37-29-30-26(18-32(22)29)25-16-23(34-2)11-12-27(25)35-3/h5-12,15-16,18-19H,4,13-14,17H2,1-3H3. The number of methoxy groups -OCH3 is 2. The van der Waals surface area contributed by atoms with E-state index in [1.54, 1.807) is 31.8 Å². The summed E-state index contributed by atoms with van der Waals surface area (Å²) in [6.07, 6.45) is 5.26. The van der Waals surface area contributed by atoms with Gasteiger partial charge in [0, 0.05) is 41.4 Å². The number of imidazole rings is 1. The summed E-state index contributed by atoms with van der Waals surface area (Å²) < 4.78 is 18.6. The Balaban J connectivity index is 1.39. The first-order valence-corrected chi connectivity index (χ1v) is 13.1. The highest BCUT2D eigenvalue weighted by molar-refractivity contribution is 7.15. The van der Waals surface area contributed by atoms with Crippen molar-refractivity contribution in [1.29, 1.82) is 0 Å². The van der Waals surface area contributed by atoms with Crippen LogP contribution in [0.15, 0.2) is 76.9 Å². The van der Waals surface area contributed by atoms with Gasteiger partial charge in [0.15, 0.2) is 4.96 Å². The third kappa shape index (κ3) is 5.24. The van der Waals surface area contributed by atoms with E-state index in [0.29, 0.717) is 25.1 Å². The molecule has 3 heterocycles. The number of ether oxygens (including phenoxy) is 2. The van der Waals surface area contributed by atoms with E-state index in [4.69, 9.17) is 18.9 Å². The van der Waals surface area contributed by atoms with Crippen LogP contribution in [0.5, 0.6) is 11.5 Å². The lowest BCUT2D eigenvalue weighted by Gasteiger charge is -2.22. The lowest BCUT2D eigenvalue weighted by molar-refractivity contribution is 0.0733. The average Bonchev–Trinajstić information content (AvgIpc) is 3.69. The van der Waals surface area contributed by atoms with E-state index in [1.165, 1.54) is 5.56 Å². The quantitative estimate of drug-likeness (QED) is 0.224. The molecule has 0 spiro atoms. The highest BCUT2D eigenvalue weighted by atomic mass is 32.1. The number of hydrogen-bond acceptors (Lipinski definition) is 6. The van der Waals surface area contributed by atoms with Crippen LogP contribution in [0.25, 0.3) is 16.2 Å². The number of carbonyl (C=O) groups excluding carboxylic acids is 1. The predicted octanol–water partition coefficient (Wildman–Crippen LogP) is 6.12. The Bertz CT molecular complexity index is 1490. The van der Waals surface area contributed by atoms with Gasteiger partial charge in [-0.3, -0.25) is 9.20 Å². The summed E-state index contributed by atoms with van der Waals surface area (Å²) in [6, 6.07) is 17.3. The van der Waals surface area contributed by atoms with Gasteiger partial charge in [-0.1, -0.05) is 19.1 Å². The molecular weight excluding hydrogens is 486 g/mol. The molecule has 0 unspecified atom stereocenters. The SMILES string of the molecule is CCc1ccc(C(=O)N(CCc2csc3nc(-c4cc(OC)ccc4OC)cn23)Cc2ccco2)cc1. The van der Waals surface area contributed by atoms with Crippen LogP contribution in [0.2, 0.25) is 0 Å². The third-order valence-electron chi connectivity index (χ3n) is 6.43. The van der Waals surface area contributed by atoms with Crippen molar-refractivity contribution in [3.05, 3.63) is 95.0 Å². The van der Waals surface area contributed by atoms with Gasteiger partial charge in [-0.2, -0.15) is 0 Å². The molecule has 0 fully saturated rings. The maximum absolute atomic E-state index is 13.5. The van der Waals surface area contributed by atoms with Gasteiger partial charge in [-0.25, -0.2) is 4.98 Å². The number of rotatable bonds is 10. The van der Waals surface area contributed by atoms with E-state index in [1.807, 2.05) is 65.7 Å². The zero-order valence-corrected chi connectivity index (χ0v) is 22.0. The van der Waals surface area contributed by atoms with Gasteiger partial charge < -0.3 is 18.8 Å². The number of fused-ring (bicyclic) bond motifs is 1. The Morgan fingerprint density at radius 3 is 2.65 bits per heavy atom. The molecule has 0 saturated carbocycles. The number of thiazole rings is 1. The Labute approximate surface area is 219 Å². The molecule has 37 heavy (non-hydrogen) atoms. The van der Waals surface area contributed by atoms with Crippen LogP contribution < -0.4 is 9.47 Å². The molecule has 8 heteroatoms. The molecule has 0 saturated heterocycles. The molecule has 5 rings (SSSR count). The molecule has 190 valence electrons. The first kappa shape index (κ1) is 24.6. The Morgan fingerprint density at radius 1 is 1.11 bits per heavy atom. The Morgan fingerprint density at radius 2 is 1.95 bits per heavy atom. The van der Waals surface area contributed by atoms with Crippen molar-refractivity contribution in [2.45, 2.75) is 26.3 Å². The zero-order chi connectivity index (χ0) is 25.8. The average molecular weight is 516 g/mol. The molecule has 0 aliphatic heterocycles. The summed E-state index contributed by atoms with van der Waals surface area (Å²) in [5, 5.41) is 2.10. The number of aryl methyl sites for hydroxylation is 1. The number of amides is 1. The number of carbonyl (C=O) groups is 1. The topological polar surface area (TPSA) is 69.2 Å². The van der Waals surface area contributed by atoms with E-state index >= 15 is 0 Å². The molecular formula is C29H29N3O4S. The number of aromatic nitrogens is 2. The maximum Gasteiger partial charge on any atom is 0.254 e. The van der Waals surface area contributed by atoms with Gasteiger partial charge in [0.25, 0.3) is 5.91 Å². The number of hydrogen-bond donors (Lipinski definition) is 0. The summed E-state index contributed by atoms with van der Waals surface area (Å²) in [5.41, 5.74) is 4.64. The first-order valence-electron chi connectivity index (χ1n) is 12.2. The Kier molecular flexibility index (Phi) is 7.28. The minimum Gasteiger partial charge on any atom is -0.497 e. The summed E-state index contributed by atoms with van der Waals surface area (Å²) >= 11 is 1.58. The lowest BCUT2D eigenvalue weighted by Crippen LogP contribution is -2.32. The van der Waals surface area contributed by atoms with Crippen LogP contribution >= 0.6 is 11.3 Å². The molecule has 0 atom stereocenters. The molecule has 3 aromatic heterocycles. The number of benzene rings is 2. The van der Waals surface area contributed by atoms with E-state index in [-0.39, 0.29) is 5.91 Å². The zero-order valence-electron chi connectivity index (χ0n) is 21.1. The highest BCUT2D eigenvalue weighted by Gasteiger charge is 2.19. The number of furan rings is 1. The summed E-state index contributed by atoms with van der Waals surface area (Å²) in [5.74, 6) is 2.21. The summed E-state index contributed by atoms with van der Waals surface area (Å²) in [7, 11) is 3.29. The van der Waals surface area contributed by atoms with Crippen molar-refractivity contribution in [3.63, 3.8) is 0 Å². The molecule has 1 amide bonds. The molecule has 7 nitrogen and oxygen atoms in total. The van der Waals surface area contributed by atoms with Crippen LogP contribution in [0.1, 0.15) is 34.3 Å². The minimum atomic E-state index is -0.0158. The van der Waals surface area contributed by atoms with E-state index < -0.39 is 0 Å². The van der Waals surface area contributed by atoms with Crippen LogP contribution in [0.4, 0.5) is 0 Å². The molecule has 0 radical (unpaired) electrons. The van der Waals surface area contributed by atoms with Crippen LogP contribution in [0.3, 0.4) is 0 Å².